The summed E-state index contributed by atoms with van der Waals surface area (Å²) < 4.78 is 1.84. The second kappa shape index (κ2) is 10.3. The summed E-state index contributed by atoms with van der Waals surface area (Å²) in [6.45, 7) is 9.75. The van der Waals surface area contributed by atoms with E-state index in [1.165, 1.54) is 23.1 Å². The van der Waals surface area contributed by atoms with E-state index in [4.69, 9.17) is 0 Å². The fourth-order valence-electron chi connectivity index (χ4n) is 2.99. The van der Waals surface area contributed by atoms with Crippen molar-refractivity contribution in [3.05, 3.63) is 52.3 Å². The number of carbonyl (C=O) groups is 2. The molecule has 2 heterocycles. The summed E-state index contributed by atoms with van der Waals surface area (Å²) in [4.78, 5) is 30.7. The van der Waals surface area contributed by atoms with E-state index in [9.17, 15) is 9.59 Å². The van der Waals surface area contributed by atoms with E-state index in [0.717, 1.165) is 10.6 Å². The number of thioether (sulfide) groups is 1. The topological polar surface area (TPSA) is 102 Å². The third-order valence-electron chi connectivity index (χ3n) is 5.05. The van der Waals surface area contributed by atoms with Crippen LogP contribution in [0.5, 0.6) is 0 Å². The number of nitrogens with zero attached hydrogens (tertiary/aromatic N) is 4. The van der Waals surface area contributed by atoms with Gasteiger partial charge in [0.05, 0.1) is 17.0 Å². The van der Waals surface area contributed by atoms with Crippen LogP contribution in [0, 0.1) is 19.8 Å². The summed E-state index contributed by atoms with van der Waals surface area (Å²) in [7, 11) is 1.85. The molecule has 1 aromatic carbocycles. The summed E-state index contributed by atoms with van der Waals surface area (Å²) in [5.74, 6) is 0.431. The molecule has 0 spiro atoms. The molecular weight excluding hydrogens is 444 g/mol. The van der Waals surface area contributed by atoms with Crippen LogP contribution in [-0.4, -0.2) is 36.8 Å². The van der Waals surface area contributed by atoms with Crippen molar-refractivity contribution in [1.82, 2.24) is 25.1 Å². The standard InChI is InChI=1S/C22H28N6O2S2/c1-12(2)17(24-20(30)16-10-8-7-9-11-16)18-26-27-22(28(18)6)32-15(5)19(29)25-21-23-13(3)14(4)31-21/h7-12,15,17H,1-6H3,(H,24,30)(H,23,25,29)/t15-,17-/m0/s1. The molecular formula is C22H28N6O2S2. The Balaban J connectivity index is 1.70. The van der Waals surface area contributed by atoms with Crippen molar-refractivity contribution in [2.24, 2.45) is 13.0 Å². The minimum absolute atomic E-state index is 0.0977. The molecule has 32 heavy (non-hydrogen) atoms. The highest BCUT2D eigenvalue weighted by Gasteiger charge is 2.27. The molecule has 0 unspecified atom stereocenters. The average Bonchev–Trinajstić information content (AvgIpc) is 3.27. The van der Waals surface area contributed by atoms with Gasteiger partial charge in [-0.2, -0.15) is 0 Å². The Bertz CT molecular complexity index is 1070. The van der Waals surface area contributed by atoms with Gasteiger partial charge in [-0.1, -0.05) is 43.8 Å². The number of anilines is 1. The van der Waals surface area contributed by atoms with Gasteiger partial charge < -0.3 is 15.2 Å². The van der Waals surface area contributed by atoms with Crippen LogP contribution in [0.2, 0.25) is 0 Å². The molecule has 170 valence electrons. The summed E-state index contributed by atoms with van der Waals surface area (Å²) in [5.41, 5.74) is 1.51. The first-order valence-corrected chi connectivity index (χ1v) is 12.0. The first-order chi connectivity index (χ1) is 15.2. The number of rotatable bonds is 8. The molecule has 0 radical (unpaired) electrons. The van der Waals surface area contributed by atoms with Gasteiger partial charge >= 0.3 is 0 Å². The largest absolute Gasteiger partial charge is 0.342 e. The van der Waals surface area contributed by atoms with E-state index in [1.807, 2.05) is 64.4 Å². The van der Waals surface area contributed by atoms with E-state index < -0.39 is 5.25 Å². The average molecular weight is 473 g/mol. The number of aryl methyl sites for hydroxylation is 2. The predicted molar refractivity (Wildman–Crippen MR) is 128 cm³/mol. The van der Waals surface area contributed by atoms with Gasteiger partial charge in [0.1, 0.15) is 0 Å². The van der Waals surface area contributed by atoms with E-state index >= 15 is 0 Å². The lowest BCUT2D eigenvalue weighted by molar-refractivity contribution is -0.115. The van der Waals surface area contributed by atoms with Crippen LogP contribution in [0.3, 0.4) is 0 Å². The summed E-state index contributed by atoms with van der Waals surface area (Å²) in [6.07, 6.45) is 0. The molecule has 10 heteroatoms. The molecule has 0 aliphatic heterocycles. The molecule has 3 aromatic rings. The zero-order valence-electron chi connectivity index (χ0n) is 19.0. The first-order valence-electron chi connectivity index (χ1n) is 10.3. The summed E-state index contributed by atoms with van der Waals surface area (Å²) in [5, 5.41) is 15.3. The minimum Gasteiger partial charge on any atom is -0.342 e. The molecule has 2 N–H and O–H groups in total. The van der Waals surface area contributed by atoms with Crippen molar-refractivity contribution in [2.45, 2.75) is 51.1 Å². The van der Waals surface area contributed by atoms with Crippen molar-refractivity contribution >= 4 is 40.0 Å². The van der Waals surface area contributed by atoms with E-state index in [1.54, 1.807) is 12.1 Å². The number of hydrogen-bond donors (Lipinski definition) is 2. The van der Waals surface area contributed by atoms with E-state index in [0.29, 0.717) is 21.7 Å². The number of carbonyl (C=O) groups excluding carboxylic acids is 2. The van der Waals surface area contributed by atoms with Crippen molar-refractivity contribution in [2.75, 3.05) is 5.32 Å². The van der Waals surface area contributed by atoms with E-state index in [2.05, 4.69) is 25.8 Å². The van der Waals surface area contributed by atoms with Crippen molar-refractivity contribution in [3.63, 3.8) is 0 Å². The number of nitrogens with one attached hydrogen (secondary N) is 2. The molecule has 0 saturated carbocycles. The van der Waals surface area contributed by atoms with Gasteiger partial charge in [-0.25, -0.2) is 4.98 Å². The number of aromatic nitrogens is 4. The molecule has 2 amide bonds. The third-order valence-corrected chi connectivity index (χ3v) is 7.17. The Labute approximate surface area is 196 Å². The number of amides is 2. The molecule has 8 nitrogen and oxygen atoms in total. The van der Waals surface area contributed by atoms with Crippen molar-refractivity contribution in [3.8, 4) is 0 Å². The normalized spacial score (nSPS) is 13.1. The Kier molecular flexibility index (Phi) is 7.68. The van der Waals surface area contributed by atoms with Crippen LogP contribution in [0.4, 0.5) is 5.13 Å². The van der Waals surface area contributed by atoms with Crippen LogP contribution in [-0.2, 0) is 11.8 Å². The molecule has 2 aromatic heterocycles. The molecule has 3 rings (SSSR count). The minimum atomic E-state index is -0.397. The highest BCUT2D eigenvalue weighted by Crippen LogP contribution is 2.28. The first kappa shape index (κ1) is 23.9. The molecule has 2 atom stereocenters. The van der Waals surface area contributed by atoms with Crippen molar-refractivity contribution in [1.29, 1.82) is 0 Å². The van der Waals surface area contributed by atoms with Gasteiger partial charge in [0.2, 0.25) is 5.91 Å². The third kappa shape index (κ3) is 5.55. The van der Waals surface area contributed by atoms with Gasteiger partial charge in [-0.15, -0.1) is 21.5 Å². The van der Waals surface area contributed by atoms with Crippen LogP contribution in [0.1, 0.15) is 53.6 Å². The molecule has 0 aliphatic rings. The van der Waals surface area contributed by atoms with Gasteiger partial charge in [-0.05, 0) is 38.8 Å². The Hall–Kier alpha value is -2.72. The second-order valence-electron chi connectivity index (χ2n) is 7.87. The monoisotopic (exact) mass is 472 g/mol. The molecule has 0 aliphatic carbocycles. The lowest BCUT2D eigenvalue weighted by Gasteiger charge is -2.22. The van der Waals surface area contributed by atoms with Crippen LogP contribution >= 0.6 is 23.1 Å². The second-order valence-corrected chi connectivity index (χ2v) is 10.4. The van der Waals surface area contributed by atoms with Gasteiger partial charge in [0.15, 0.2) is 16.1 Å². The molecule has 0 fully saturated rings. The zero-order chi connectivity index (χ0) is 23.4. The highest BCUT2D eigenvalue weighted by atomic mass is 32.2. The predicted octanol–water partition coefficient (Wildman–Crippen LogP) is 4.13. The Morgan fingerprint density at radius 3 is 2.38 bits per heavy atom. The van der Waals surface area contributed by atoms with Crippen molar-refractivity contribution < 1.29 is 9.59 Å². The lowest BCUT2D eigenvalue weighted by Crippen LogP contribution is -2.33. The van der Waals surface area contributed by atoms with E-state index in [-0.39, 0.29) is 23.8 Å². The quantitative estimate of drug-likeness (QED) is 0.478. The SMILES string of the molecule is Cc1nc(NC(=O)[C@H](C)Sc2nnc([C@@H](NC(=O)c3ccccc3)C(C)C)n2C)sc1C. The fraction of sp³-hybridized carbons (Fsp3) is 0.409. The maximum absolute atomic E-state index is 12.7. The van der Waals surface area contributed by atoms with Crippen LogP contribution in [0.15, 0.2) is 35.5 Å². The number of benzene rings is 1. The maximum atomic E-state index is 12.7. The molecule has 0 saturated heterocycles. The zero-order valence-corrected chi connectivity index (χ0v) is 20.7. The Morgan fingerprint density at radius 1 is 1.09 bits per heavy atom. The summed E-state index contributed by atoms with van der Waals surface area (Å²) in [6, 6.07) is 8.76. The Morgan fingerprint density at radius 2 is 1.78 bits per heavy atom. The van der Waals surface area contributed by atoms with Crippen LogP contribution < -0.4 is 10.6 Å². The fourth-order valence-corrected chi connectivity index (χ4v) is 4.63. The summed E-state index contributed by atoms with van der Waals surface area (Å²) >= 11 is 2.77. The smallest absolute Gasteiger partial charge is 0.251 e. The van der Waals surface area contributed by atoms with Gasteiger partial charge in [0.25, 0.3) is 5.91 Å². The van der Waals surface area contributed by atoms with Gasteiger partial charge in [-0.3, -0.25) is 9.59 Å². The maximum Gasteiger partial charge on any atom is 0.251 e. The number of thiazole rings is 1. The number of hydrogen-bond acceptors (Lipinski definition) is 7. The van der Waals surface area contributed by atoms with Crippen LogP contribution in [0.25, 0.3) is 0 Å². The highest BCUT2D eigenvalue weighted by molar-refractivity contribution is 8.00. The molecule has 0 bridgehead atoms. The van der Waals surface area contributed by atoms with Gasteiger partial charge in [0, 0.05) is 17.5 Å². The lowest BCUT2D eigenvalue weighted by atomic mass is 10.0.